The van der Waals surface area contributed by atoms with Gasteiger partial charge >= 0.3 is 5.97 Å². The zero-order chi connectivity index (χ0) is 12.0. The summed E-state index contributed by atoms with van der Waals surface area (Å²) in [5, 5.41) is 8.80. The van der Waals surface area contributed by atoms with Crippen molar-refractivity contribution in [3.8, 4) is 5.75 Å². The number of hydrogen-bond acceptors (Lipinski definition) is 2. The van der Waals surface area contributed by atoms with Crippen LogP contribution in [0.3, 0.4) is 0 Å². The van der Waals surface area contributed by atoms with Crippen LogP contribution in [0.4, 0.5) is 0 Å². The van der Waals surface area contributed by atoms with Crippen LogP contribution in [-0.4, -0.2) is 17.7 Å². The third-order valence-corrected chi connectivity index (χ3v) is 3.08. The predicted molar refractivity (Wildman–Crippen MR) is 66.1 cm³/mol. The van der Waals surface area contributed by atoms with Gasteiger partial charge in [-0.25, -0.2) is 0 Å². The monoisotopic (exact) mass is 286 g/mol. The average molecular weight is 287 g/mol. The number of carbonyl (C=O) groups is 1. The first-order chi connectivity index (χ1) is 7.65. The van der Waals surface area contributed by atoms with E-state index >= 15 is 0 Å². The minimum Gasteiger partial charge on any atom is -0.494 e. The van der Waals surface area contributed by atoms with Gasteiger partial charge in [0.15, 0.2) is 0 Å². The molecule has 0 saturated heterocycles. The van der Waals surface area contributed by atoms with E-state index in [0.717, 1.165) is 24.2 Å². The highest BCUT2D eigenvalue weighted by Gasteiger charge is 2.15. The fourth-order valence-electron chi connectivity index (χ4n) is 1.21. The van der Waals surface area contributed by atoms with Gasteiger partial charge in [-0.1, -0.05) is 41.4 Å². The van der Waals surface area contributed by atoms with Gasteiger partial charge in [0.25, 0.3) is 0 Å². The van der Waals surface area contributed by atoms with Crippen molar-refractivity contribution in [2.45, 2.75) is 24.6 Å². The molecule has 88 valence electrons. The highest BCUT2D eigenvalue weighted by Crippen LogP contribution is 2.24. The molecule has 0 radical (unpaired) electrons. The smallest absolute Gasteiger partial charge is 0.321 e. The number of carboxylic acids is 1. The second-order valence-electron chi connectivity index (χ2n) is 3.47. The van der Waals surface area contributed by atoms with Gasteiger partial charge < -0.3 is 9.84 Å². The third kappa shape index (κ3) is 3.85. The van der Waals surface area contributed by atoms with Crippen molar-refractivity contribution in [2.75, 3.05) is 6.61 Å². The molecule has 1 aromatic carbocycles. The number of rotatable bonds is 6. The fourth-order valence-corrected chi connectivity index (χ4v) is 1.52. The third-order valence-electron chi connectivity index (χ3n) is 2.16. The Morgan fingerprint density at radius 2 is 2.06 bits per heavy atom. The van der Waals surface area contributed by atoms with Gasteiger partial charge in [0, 0.05) is 0 Å². The van der Waals surface area contributed by atoms with Crippen molar-refractivity contribution in [3.63, 3.8) is 0 Å². The predicted octanol–water partition coefficient (Wildman–Crippen LogP) is 3.39. The summed E-state index contributed by atoms with van der Waals surface area (Å²) in [6.07, 6.45) is 2.12. The second-order valence-corrected chi connectivity index (χ2v) is 4.39. The fraction of sp³-hybridized carbons (Fsp3) is 0.417. The van der Waals surface area contributed by atoms with Crippen LogP contribution in [0.15, 0.2) is 24.3 Å². The van der Waals surface area contributed by atoms with Crippen molar-refractivity contribution in [2.24, 2.45) is 0 Å². The number of aliphatic carboxylic acids is 1. The van der Waals surface area contributed by atoms with Gasteiger partial charge in [0.05, 0.1) is 6.61 Å². The summed E-state index contributed by atoms with van der Waals surface area (Å²) in [5.74, 6) is -0.109. The molecule has 0 aliphatic heterocycles. The van der Waals surface area contributed by atoms with Gasteiger partial charge in [0.1, 0.15) is 10.6 Å². The SMILES string of the molecule is CCCCOc1ccc(C(Br)C(=O)O)cc1. The van der Waals surface area contributed by atoms with Gasteiger partial charge in [-0.2, -0.15) is 0 Å². The molecule has 1 rings (SSSR count). The maximum atomic E-state index is 10.7. The van der Waals surface area contributed by atoms with E-state index < -0.39 is 10.8 Å². The summed E-state index contributed by atoms with van der Waals surface area (Å²) >= 11 is 3.10. The lowest BCUT2D eigenvalue weighted by molar-refractivity contribution is -0.136. The normalized spacial score (nSPS) is 12.1. The number of unbranched alkanes of at least 4 members (excludes halogenated alkanes) is 1. The largest absolute Gasteiger partial charge is 0.494 e. The Labute approximate surface area is 104 Å². The van der Waals surface area contributed by atoms with Gasteiger partial charge in [0.2, 0.25) is 0 Å². The summed E-state index contributed by atoms with van der Waals surface area (Å²) < 4.78 is 5.48. The zero-order valence-electron chi connectivity index (χ0n) is 9.15. The van der Waals surface area contributed by atoms with Crippen molar-refractivity contribution in [1.29, 1.82) is 0 Å². The van der Waals surface area contributed by atoms with Crippen LogP contribution >= 0.6 is 15.9 Å². The molecule has 1 unspecified atom stereocenters. The molecule has 0 aliphatic carbocycles. The van der Waals surface area contributed by atoms with Gasteiger partial charge in [-0.3, -0.25) is 4.79 Å². The van der Waals surface area contributed by atoms with E-state index in [2.05, 4.69) is 22.9 Å². The van der Waals surface area contributed by atoms with Crippen LogP contribution in [0.1, 0.15) is 30.2 Å². The number of ether oxygens (including phenoxy) is 1. The molecule has 3 nitrogen and oxygen atoms in total. The molecule has 0 bridgehead atoms. The average Bonchev–Trinajstić information content (AvgIpc) is 2.29. The Bertz CT molecular complexity index is 335. The number of alkyl halides is 1. The molecule has 0 heterocycles. The quantitative estimate of drug-likeness (QED) is 0.644. The van der Waals surface area contributed by atoms with E-state index in [9.17, 15) is 4.79 Å². The Morgan fingerprint density at radius 1 is 1.44 bits per heavy atom. The summed E-state index contributed by atoms with van der Waals surface area (Å²) in [7, 11) is 0. The molecule has 0 spiro atoms. The molecule has 4 heteroatoms. The van der Waals surface area contributed by atoms with Crippen molar-refractivity contribution in [3.05, 3.63) is 29.8 Å². The Hall–Kier alpha value is -1.03. The van der Waals surface area contributed by atoms with Crippen molar-refractivity contribution < 1.29 is 14.6 Å². The number of hydrogen-bond donors (Lipinski definition) is 1. The van der Waals surface area contributed by atoms with E-state index in [0.29, 0.717) is 6.61 Å². The van der Waals surface area contributed by atoms with E-state index in [4.69, 9.17) is 9.84 Å². The molecule has 1 N–H and O–H groups in total. The summed E-state index contributed by atoms with van der Waals surface area (Å²) in [5.41, 5.74) is 0.718. The number of carboxylic acid groups (broad SMARTS) is 1. The Morgan fingerprint density at radius 3 is 2.56 bits per heavy atom. The first-order valence-corrected chi connectivity index (χ1v) is 6.16. The number of benzene rings is 1. The summed E-state index contributed by atoms with van der Waals surface area (Å²) in [6.45, 7) is 2.81. The maximum Gasteiger partial charge on any atom is 0.321 e. The second kappa shape index (κ2) is 6.53. The highest BCUT2D eigenvalue weighted by atomic mass is 79.9. The Balaban J connectivity index is 2.57. The summed E-state index contributed by atoms with van der Waals surface area (Å²) in [6, 6.07) is 7.11. The van der Waals surface area contributed by atoms with Crippen LogP contribution in [0.5, 0.6) is 5.75 Å². The van der Waals surface area contributed by atoms with Crippen LogP contribution in [0.25, 0.3) is 0 Å². The van der Waals surface area contributed by atoms with E-state index in [1.165, 1.54) is 0 Å². The van der Waals surface area contributed by atoms with Crippen LogP contribution in [0.2, 0.25) is 0 Å². The standard InChI is InChI=1S/C12H15BrO3/c1-2-3-8-16-10-6-4-9(5-7-10)11(13)12(14)15/h4-7,11H,2-3,8H2,1H3,(H,14,15). The van der Waals surface area contributed by atoms with Crippen LogP contribution in [0, 0.1) is 0 Å². The summed E-state index contributed by atoms with van der Waals surface area (Å²) in [4.78, 5) is 10.1. The van der Waals surface area contributed by atoms with Crippen LogP contribution in [-0.2, 0) is 4.79 Å². The van der Waals surface area contributed by atoms with E-state index in [1.807, 2.05) is 0 Å². The molecule has 0 saturated carbocycles. The van der Waals surface area contributed by atoms with E-state index in [-0.39, 0.29) is 0 Å². The molecule has 16 heavy (non-hydrogen) atoms. The highest BCUT2D eigenvalue weighted by molar-refractivity contribution is 9.09. The first-order valence-electron chi connectivity index (χ1n) is 5.24. The van der Waals surface area contributed by atoms with E-state index in [1.54, 1.807) is 24.3 Å². The molecular weight excluding hydrogens is 272 g/mol. The van der Waals surface area contributed by atoms with Gasteiger partial charge in [-0.15, -0.1) is 0 Å². The number of halogens is 1. The molecular formula is C12H15BrO3. The molecule has 0 fully saturated rings. The van der Waals surface area contributed by atoms with Crippen molar-refractivity contribution in [1.82, 2.24) is 0 Å². The lowest BCUT2D eigenvalue weighted by atomic mass is 10.1. The molecule has 1 atom stereocenters. The lowest BCUT2D eigenvalue weighted by Crippen LogP contribution is -2.04. The molecule has 0 aromatic heterocycles. The molecule has 0 amide bonds. The van der Waals surface area contributed by atoms with Crippen LogP contribution < -0.4 is 4.74 Å². The minimum atomic E-state index is -0.889. The first kappa shape index (κ1) is 13.0. The van der Waals surface area contributed by atoms with Crippen molar-refractivity contribution >= 4 is 21.9 Å². The topological polar surface area (TPSA) is 46.5 Å². The zero-order valence-corrected chi connectivity index (χ0v) is 10.7. The Kier molecular flexibility index (Phi) is 5.32. The minimum absolute atomic E-state index is 0.655. The lowest BCUT2D eigenvalue weighted by Gasteiger charge is -2.08. The molecule has 0 aliphatic rings. The molecule has 1 aromatic rings. The maximum absolute atomic E-state index is 10.7. The van der Waals surface area contributed by atoms with Gasteiger partial charge in [-0.05, 0) is 24.1 Å².